The second-order valence-corrected chi connectivity index (χ2v) is 7.25. The minimum absolute atomic E-state index is 0.0498. The number of anilines is 1. The normalized spacial score (nSPS) is 10.3. The number of hydrogen-bond acceptors (Lipinski definition) is 7. The highest BCUT2D eigenvalue weighted by Crippen LogP contribution is 2.36. The number of nitrogens with two attached hydrogens (primary N) is 1. The van der Waals surface area contributed by atoms with Crippen LogP contribution in [-0.4, -0.2) is 37.6 Å². The van der Waals surface area contributed by atoms with Crippen LogP contribution in [0.2, 0.25) is 0 Å². The van der Waals surface area contributed by atoms with E-state index in [1.165, 1.54) is 44.2 Å². The van der Waals surface area contributed by atoms with Crippen molar-refractivity contribution in [2.75, 3.05) is 27.1 Å². The van der Waals surface area contributed by atoms with Gasteiger partial charge in [-0.25, -0.2) is 4.79 Å². The highest BCUT2D eigenvalue weighted by atomic mass is 79.9. The maximum atomic E-state index is 13.4. The van der Waals surface area contributed by atoms with E-state index in [1.54, 1.807) is 24.3 Å². The molecular formula is C22H18BrN3O5. The van der Waals surface area contributed by atoms with E-state index in [9.17, 15) is 14.9 Å². The van der Waals surface area contributed by atoms with Crippen molar-refractivity contribution in [3.63, 3.8) is 0 Å². The van der Waals surface area contributed by atoms with E-state index in [0.29, 0.717) is 17.1 Å². The molecule has 31 heavy (non-hydrogen) atoms. The number of benzene rings is 2. The van der Waals surface area contributed by atoms with E-state index < -0.39 is 5.97 Å². The van der Waals surface area contributed by atoms with Gasteiger partial charge in [-0.1, -0.05) is 15.9 Å². The van der Waals surface area contributed by atoms with Crippen LogP contribution in [0.1, 0.15) is 32.0 Å². The topological polar surface area (TPSA) is 117 Å². The monoisotopic (exact) mass is 483 g/mol. The lowest BCUT2D eigenvalue weighted by molar-refractivity contribution is 0.0592. The van der Waals surface area contributed by atoms with Crippen LogP contribution in [0.4, 0.5) is 5.69 Å². The number of carbonyl (C=O) groups excluding carboxylic acids is 2. The number of nitriles is 1. The standard InChI is InChI=1S/C22H18BrN3O5/c1-29-17-8-15(21(27)12-4-6-14(23)7-5-12)16(9-18(17)30-2)26-11-13(10-24)19(25)20(26)22(28)31-3/h4-9,11H,25H2,1-3H3. The van der Waals surface area contributed by atoms with Gasteiger partial charge < -0.3 is 24.5 Å². The van der Waals surface area contributed by atoms with Crippen molar-refractivity contribution >= 4 is 33.4 Å². The molecule has 3 aromatic rings. The number of methoxy groups -OCH3 is 3. The Morgan fingerprint density at radius 1 is 1.06 bits per heavy atom. The van der Waals surface area contributed by atoms with Crippen LogP contribution in [0.15, 0.2) is 47.1 Å². The molecule has 0 spiro atoms. The number of carbonyl (C=O) groups is 2. The molecule has 0 atom stereocenters. The average Bonchev–Trinajstić information content (AvgIpc) is 3.13. The van der Waals surface area contributed by atoms with Crippen LogP contribution in [0.5, 0.6) is 11.5 Å². The maximum Gasteiger partial charge on any atom is 0.357 e. The molecule has 0 saturated heterocycles. The quantitative estimate of drug-likeness (QED) is 0.419. The summed E-state index contributed by atoms with van der Waals surface area (Å²) in [6.45, 7) is 0. The van der Waals surface area contributed by atoms with Gasteiger partial charge in [-0.3, -0.25) is 4.79 Å². The van der Waals surface area contributed by atoms with Gasteiger partial charge in [-0.15, -0.1) is 0 Å². The number of hydrogen-bond donors (Lipinski definition) is 1. The summed E-state index contributed by atoms with van der Waals surface area (Å²) in [6.07, 6.45) is 1.38. The first-order chi connectivity index (χ1) is 14.9. The van der Waals surface area contributed by atoms with Crippen LogP contribution in [0.25, 0.3) is 5.69 Å². The lowest BCUT2D eigenvalue weighted by Crippen LogP contribution is -2.14. The molecule has 0 radical (unpaired) electrons. The van der Waals surface area contributed by atoms with Gasteiger partial charge in [0.25, 0.3) is 0 Å². The Labute approximate surface area is 186 Å². The van der Waals surface area contributed by atoms with Crippen LogP contribution < -0.4 is 15.2 Å². The van der Waals surface area contributed by atoms with Gasteiger partial charge in [0.2, 0.25) is 0 Å². The maximum absolute atomic E-state index is 13.4. The van der Waals surface area contributed by atoms with Crippen molar-refractivity contribution in [1.82, 2.24) is 4.57 Å². The third-order valence-corrected chi connectivity index (χ3v) is 5.18. The van der Waals surface area contributed by atoms with Gasteiger partial charge >= 0.3 is 5.97 Å². The van der Waals surface area contributed by atoms with E-state index in [0.717, 1.165) is 4.47 Å². The summed E-state index contributed by atoms with van der Waals surface area (Å²) in [7, 11) is 4.10. The van der Waals surface area contributed by atoms with E-state index in [4.69, 9.17) is 19.9 Å². The Morgan fingerprint density at radius 2 is 1.68 bits per heavy atom. The second kappa shape index (κ2) is 8.93. The fourth-order valence-electron chi connectivity index (χ4n) is 3.11. The Morgan fingerprint density at radius 3 is 2.23 bits per heavy atom. The fraction of sp³-hybridized carbons (Fsp3) is 0.136. The number of halogens is 1. The largest absolute Gasteiger partial charge is 0.493 e. The molecule has 1 heterocycles. The molecule has 0 aliphatic carbocycles. The molecule has 0 bridgehead atoms. The SMILES string of the molecule is COC(=O)c1c(N)c(C#N)cn1-c1cc(OC)c(OC)cc1C(=O)c1ccc(Br)cc1. The van der Waals surface area contributed by atoms with Crippen LogP contribution in [0, 0.1) is 11.3 Å². The molecule has 158 valence electrons. The van der Waals surface area contributed by atoms with E-state index in [-0.39, 0.29) is 34.0 Å². The van der Waals surface area contributed by atoms with Gasteiger partial charge in [-0.05, 0) is 30.3 Å². The molecule has 3 rings (SSSR count). The predicted molar refractivity (Wildman–Crippen MR) is 117 cm³/mol. The lowest BCUT2D eigenvalue weighted by atomic mass is 10.0. The molecule has 0 aliphatic rings. The van der Waals surface area contributed by atoms with E-state index in [1.807, 2.05) is 6.07 Å². The van der Waals surface area contributed by atoms with E-state index in [2.05, 4.69) is 15.9 Å². The van der Waals surface area contributed by atoms with Gasteiger partial charge in [0.15, 0.2) is 23.0 Å². The minimum Gasteiger partial charge on any atom is -0.493 e. The molecule has 0 aliphatic heterocycles. The Bertz CT molecular complexity index is 1210. The number of nitrogens with zero attached hydrogens (tertiary/aromatic N) is 2. The number of nitrogen functional groups attached to an aromatic ring is 1. The van der Waals surface area contributed by atoms with Crippen molar-refractivity contribution < 1.29 is 23.8 Å². The molecule has 2 N–H and O–H groups in total. The van der Waals surface area contributed by atoms with Crippen molar-refractivity contribution in [2.24, 2.45) is 0 Å². The zero-order valence-electron chi connectivity index (χ0n) is 16.9. The van der Waals surface area contributed by atoms with Crippen molar-refractivity contribution in [1.29, 1.82) is 5.26 Å². The molecule has 9 heteroatoms. The summed E-state index contributed by atoms with van der Waals surface area (Å²) in [4.78, 5) is 25.8. The summed E-state index contributed by atoms with van der Waals surface area (Å²) in [5.41, 5.74) is 6.87. The first-order valence-electron chi connectivity index (χ1n) is 8.92. The van der Waals surface area contributed by atoms with Crippen LogP contribution in [0.3, 0.4) is 0 Å². The zero-order valence-corrected chi connectivity index (χ0v) is 18.5. The highest BCUT2D eigenvalue weighted by molar-refractivity contribution is 9.10. The number of rotatable bonds is 6. The molecule has 1 aromatic heterocycles. The molecular weight excluding hydrogens is 466 g/mol. The van der Waals surface area contributed by atoms with E-state index >= 15 is 0 Å². The zero-order chi connectivity index (χ0) is 22.7. The van der Waals surface area contributed by atoms with Gasteiger partial charge in [0, 0.05) is 22.3 Å². The Kier molecular flexibility index (Phi) is 6.32. The molecule has 0 saturated carbocycles. The Balaban J connectivity index is 2.35. The smallest absolute Gasteiger partial charge is 0.357 e. The molecule has 0 fully saturated rings. The third-order valence-electron chi connectivity index (χ3n) is 4.66. The second-order valence-electron chi connectivity index (χ2n) is 6.34. The average molecular weight is 484 g/mol. The third kappa shape index (κ3) is 3.98. The first-order valence-corrected chi connectivity index (χ1v) is 9.71. The summed E-state index contributed by atoms with van der Waals surface area (Å²) >= 11 is 3.35. The summed E-state index contributed by atoms with van der Waals surface area (Å²) in [6, 6.07) is 11.8. The summed E-state index contributed by atoms with van der Waals surface area (Å²) in [5, 5.41) is 9.41. The van der Waals surface area contributed by atoms with Gasteiger partial charge in [0.1, 0.15) is 6.07 Å². The Hall–Kier alpha value is -3.77. The number of ether oxygens (including phenoxy) is 3. The molecule has 0 unspecified atom stereocenters. The highest BCUT2D eigenvalue weighted by Gasteiger charge is 2.26. The van der Waals surface area contributed by atoms with Crippen molar-refractivity contribution in [2.45, 2.75) is 0 Å². The number of aromatic nitrogens is 1. The number of ketones is 1. The first kappa shape index (κ1) is 21.9. The van der Waals surface area contributed by atoms with Gasteiger partial charge in [0.05, 0.1) is 43.8 Å². The van der Waals surface area contributed by atoms with Gasteiger partial charge in [-0.2, -0.15) is 5.26 Å². The van der Waals surface area contributed by atoms with Crippen LogP contribution >= 0.6 is 15.9 Å². The molecule has 8 nitrogen and oxygen atoms in total. The number of esters is 1. The molecule has 2 aromatic carbocycles. The van der Waals surface area contributed by atoms with Crippen molar-refractivity contribution in [3.8, 4) is 23.3 Å². The van der Waals surface area contributed by atoms with Crippen molar-refractivity contribution in [3.05, 3.63) is 69.5 Å². The summed E-state index contributed by atoms with van der Waals surface area (Å²) < 4.78 is 17.8. The summed E-state index contributed by atoms with van der Waals surface area (Å²) in [5.74, 6) is -0.431. The van der Waals surface area contributed by atoms with Crippen LogP contribution in [-0.2, 0) is 4.74 Å². The molecule has 0 amide bonds. The lowest BCUT2D eigenvalue weighted by Gasteiger charge is -2.17. The predicted octanol–water partition coefficient (Wildman–Crippen LogP) is 3.73. The minimum atomic E-state index is -0.754. The fourth-order valence-corrected chi connectivity index (χ4v) is 3.38.